The number of sulfonamides is 1. The normalized spacial score (nSPS) is 12.7. The van der Waals surface area contributed by atoms with Gasteiger partial charge in [0.25, 0.3) is 0 Å². The molecule has 0 atom stereocenters. The third-order valence-electron chi connectivity index (χ3n) is 6.17. The second kappa shape index (κ2) is 11.3. The van der Waals surface area contributed by atoms with Crippen LogP contribution in [0.25, 0.3) is 0 Å². The van der Waals surface area contributed by atoms with Crippen LogP contribution in [-0.2, 0) is 10.0 Å². The first-order chi connectivity index (χ1) is 13.5. The molecule has 5 heteroatoms. The standard InChI is InChI=1S/C24H41NO2SSi/c1-20(2)29(21(3)4,22(5)6)19-13-11-9-10-12-18-25(8)28(26,27)24-16-14-23(7)15-17-24/h14-17,20-22H,9-12,18H2,1-8H3. The minimum Gasteiger partial charge on any atom is -0.207 e. The van der Waals surface area contributed by atoms with Crippen molar-refractivity contribution < 1.29 is 8.42 Å². The van der Waals surface area contributed by atoms with Gasteiger partial charge in [-0.1, -0.05) is 65.7 Å². The van der Waals surface area contributed by atoms with Crippen molar-refractivity contribution in [3.8, 4) is 11.5 Å². The maximum absolute atomic E-state index is 12.6. The summed E-state index contributed by atoms with van der Waals surface area (Å²) in [5.74, 6) is 3.50. The number of rotatable bonds is 10. The number of nitrogens with zero attached hydrogens (tertiary/aromatic N) is 1. The summed E-state index contributed by atoms with van der Waals surface area (Å²) in [6.45, 7) is 16.5. The van der Waals surface area contributed by atoms with E-state index in [1.807, 2.05) is 19.1 Å². The van der Waals surface area contributed by atoms with Crippen molar-refractivity contribution in [2.45, 2.75) is 95.7 Å². The average molecular weight is 436 g/mol. The molecule has 0 N–H and O–H groups in total. The van der Waals surface area contributed by atoms with E-state index in [4.69, 9.17) is 0 Å². The van der Waals surface area contributed by atoms with Gasteiger partial charge >= 0.3 is 0 Å². The molecule has 0 saturated heterocycles. The van der Waals surface area contributed by atoms with Crippen LogP contribution in [0.4, 0.5) is 0 Å². The molecular formula is C24H41NO2SSi. The molecule has 0 fully saturated rings. The van der Waals surface area contributed by atoms with Crippen LogP contribution < -0.4 is 0 Å². The maximum atomic E-state index is 12.6. The lowest BCUT2D eigenvalue weighted by Crippen LogP contribution is -2.43. The van der Waals surface area contributed by atoms with Crippen molar-refractivity contribution in [1.82, 2.24) is 4.31 Å². The van der Waals surface area contributed by atoms with E-state index in [9.17, 15) is 8.42 Å². The molecule has 0 unspecified atom stereocenters. The first-order valence-electron chi connectivity index (χ1n) is 11.0. The van der Waals surface area contributed by atoms with Crippen molar-refractivity contribution in [3.63, 3.8) is 0 Å². The van der Waals surface area contributed by atoms with E-state index >= 15 is 0 Å². The lowest BCUT2D eigenvalue weighted by atomic mass is 10.2. The molecule has 0 aliphatic heterocycles. The highest BCUT2D eigenvalue weighted by Gasteiger charge is 2.41. The van der Waals surface area contributed by atoms with Crippen LogP contribution in [0.3, 0.4) is 0 Å². The minimum absolute atomic E-state index is 0.369. The fraction of sp³-hybridized carbons (Fsp3) is 0.667. The van der Waals surface area contributed by atoms with Crippen LogP contribution in [0.5, 0.6) is 0 Å². The van der Waals surface area contributed by atoms with Crippen LogP contribution >= 0.6 is 0 Å². The zero-order valence-electron chi connectivity index (χ0n) is 19.7. The highest BCUT2D eigenvalue weighted by Crippen LogP contribution is 2.40. The van der Waals surface area contributed by atoms with Crippen LogP contribution in [-0.4, -0.2) is 34.4 Å². The number of benzene rings is 1. The van der Waals surface area contributed by atoms with Gasteiger partial charge in [-0.05, 0) is 48.5 Å². The van der Waals surface area contributed by atoms with Gasteiger partial charge in [0.2, 0.25) is 10.0 Å². The Bertz CT molecular complexity index is 765. The summed E-state index contributed by atoms with van der Waals surface area (Å²) >= 11 is 0. The summed E-state index contributed by atoms with van der Waals surface area (Å²) in [4.78, 5) is 0.369. The molecule has 29 heavy (non-hydrogen) atoms. The Hall–Kier alpha value is -1.09. The first kappa shape index (κ1) is 25.9. The monoisotopic (exact) mass is 435 g/mol. The van der Waals surface area contributed by atoms with Gasteiger partial charge in [0.05, 0.1) is 4.90 Å². The van der Waals surface area contributed by atoms with Gasteiger partial charge < -0.3 is 0 Å². The minimum atomic E-state index is -3.39. The van der Waals surface area contributed by atoms with E-state index in [-0.39, 0.29) is 0 Å². The van der Waals surface area contributed by atoms with E-state index in [0.29, 0.717) is 28.1 Å². The summed E-state index contributed by atoms with van der Waals surface area (Å²) in [7, 11) is -3.35. The molecule has 0 amide bonds. The van der Waals surface area contributed by atoms with E-state index in [1.165, 1.54) is 4.31 Å². The maximum Gasteiger partial charge on any atom is 0.242 e. The Morgan fingerprint density at radius 3 is 1.90 bits per heavy atom. The first-order valence-corrected chi connectivity index (χ1v) is 14.7. The summed E-state index contributed by atoms with van der Waals surface area (Å²) in [5.41, 5.74) is 6.81. The van der Waals surface area contributed by atoms with E-state index in [2.05, 4.69) is 53.0 Å². The summed E-state index contributed by atoms with van der Waals surface area (Å²) in [5, 5.41) is 0. The van der Waals surface area contributed by atoms with Gasteiger partial charge in [-0.15, -0.1) is 11.5 Å². The zero-order valence-corrected chi connectivity index (χ0v) is 21.6. The van der Waals surface area contributed by atoms with Crippen LogP contribution in [0.2, 0.25) is 16.6 Å². The largest absolute Gasteiger partial charge is 0.242 e. The SMILES string of the molecule is Cc1ccc(S(=O)(=O)N(C)CCCCCC#C[Si](C(C)C)(C(C)C)C(C)C)cc1. The Morgan fingerprint density at radius 2 is 1.41 bits per heavy atom. The molecule has 0 bridgehead atoms. The number of hydrogen-bond donors (Lipinski definition) is 0. The van der Waals surface area contributed by atoms with Gasteiger partial charge in [0, 0.05) is 20.0 Å². The average Bonchev–Trinajstić information content (AvgIpc) is 2.63. The molecule has 0 aromatic heterocycles. The van der Waals surface area contributed by atoms with E-state index in [1.54, 1.807) is 19.2 Å². The van der Waals surface area contributed by atoms with Crippen LogP contribution in [0.1, 0.15) is 72.8 Å². The molecule has 0 saturated carbocycles. The van der Waals surface area contributed by atoms with Gasteiger partial charge in [-0.2, -0.15) is 0 Å². The van der Waals surface area contributed by atoms with Gasteiger partial charge in [0.1, 0.15) is 8.07 Å². The van der Waals surface area contributed by atoms with Gasteiger partial charge in [-0.25, -0.2) is 12.7 Å². The molecule has 0 aliphatic rings. The predicted molar refractivity (Wildman–Crippen MR) is 128 cm³/mol. The highest BCUT2D eigenvalue weighted by atomic mass is 32.2. The molecule has 0 radical (unpaired) electrons. The molecule has 164 valence electrons. The molecule has 0 heterocycles. The molecular weight excluding hydrogens is 394 g/mol. The third-order valence-corrected chi connectivity index (χ3v) is 14.4. The Balaban J connectivity index is 2.54. The molecule has 3 nitrogen and oxygen atoms in total. The number of unbranched alkanes of at least 4 members (excludes halogenated alkanes) is 3. The van der Waals surface area contributed by atoms with Crippen molar-refractivity contribution in [1.29, 1.82) is 0 Å². The van der Waals surface area contributed by atoms with E-state index < -0.39 is 18.1 Å². The smallest absolute Gasteiger partial charge is 0.207 e. The fourth-order valence-corrected chi connectivity index (χ4v) is 10.9. The Labute approximate surface area is 181 Å². The molecule has 1 rings (SSSR count). The second-order valence-corrected chi connectivity index (χ2v) is 16.8. The summed E-state index contributed by atoms with van der Waals surface area (Å²) < 4.78 is 26.7. The lowest BCUT2D eigenvalue weighted by molar-refractivity contribution is 0.453. The molecule has 1 aromatic rings. The van der Waals surface area contributed by atoms with Crippen molar-refractivity contribution in [2.24, 2.45) is 0 Å². The van der Waals surface area contributed by atoms with Gasteiger partial charge in [-0.3, -0.25) is 0 Å². The lowest BCUT2D eigenvalue weighted by Gasteiger charge is -2.38. The summed E-state index contributed by atoms with van der Waals surface area (Å²) in [6.07, 6.45) is 3.81. The van der Waals surface area contributed by atoms with Crippen molar-refractivity contribution in [2.75, 3.05) is 13.6 Å². The predicted octanol–water partition coefficient (Wildman–Crippen LogP) is 6.40. The fourth-order valence-electron chi connectivity index (χ4n) is 4.38. The molecule has 0 aliphatic carbocycles. The van der Waals surface area contributed by atoms with E-state index in [0.717, 1.165) is 31.2 Å². The quantitative estimate of drug-likeness (QED) is 0.242. The second-order valence-electron chi connectivity index (χ2n) is 9.15. The molecule has 1 aromatic carbocycles. The Morgan fingerprint density at radius 1 is 0.897 bits per heavy atom. The molecule has 0 spiro atoms. The number of hydrogen-bond acceptors (Lipinski definition) is 2. The topological polar surface area (TPSA) is 37.4 Å². The zero-order chi connectivity index (χ0) is 22.2. The summed E-state index contributed by atoms with van der Waals surface area (Å²) in [6, 6.07) is 7.05. The third kappa shape index (κ3) is 6.70. The highest BCUT2D eigenvalue weighted by molar-refractivity contribution is 7.89. The van der Waals surface area contributed by atoms with Crippen molar-refractivity contribution >= 4 is 18.1 Å². The van der Waals surface area contributed by atoms with Crippen molar-refractivity contribution in [3.05, 3.63) is 29.8 Å². The number of aryl methyl sites for hydroxylation is 1. The van der Waals surface area contributed by atoms with Crippen LogP contribution in [0, 0.1) is 18.4 Å². The van der Waals surface area contributed by atoms with Gasteiger partial charge in [0.15, 0.2) is 0 Å². The van der Waals surface area contributed by atoms with Crippen LogP contribution in [0.15, 0.2) is 29.2 Å². The Kier molecular flexibility index (Phi) is 10.1.